The average Bonchev–Trinajstić information content (AvgIpc) is 2.77. The lowest BCUT2D eigenvalue weighted by Crippen LogP contribution is -2.03. The zero-order chi connectivity index (χ0) is 13.2. The molecule has 0 N–H and O–H groups in total. The molecule has 2 nitrogen and oxygen atoms in total. The van der Waals surface area contributed by atoms with Gasteiger partial charge in [-0.15, -0.1) is 11.3 Å². The van der Waals surface area contributed by atoms with Crippen molar-refractivity contribution in [3.05, 3.63) is 40.9 Å². The normalized spacial score (nSPS) is 11.5. The van der Waals surface area contributed by atoms with Crippen molar-refractivity contribution in [2.45, 2.75) is 12.6 Å². The Hall–Kier alpha value is -1.69. The van der Waals surface area contributed by atoms with E-state index in [4.69, 9.17) is 0 Å². The van der Waals surface area contributed by atoms with Gasteiger partial charge in [0.05, 0.1) is 11.3 Å². The topological polar surface area (TPSA) is 30.0 Å². The summed E-state index contributed by atoms with van der Waals surface area (Å²) in [6, 6.07) is 4.81. The standard InChI is InChI=1S/C12H8F3NOS/c13-12(14,15)9-3-1-8(2-4-9)11-16-10(5-6-17)7-18-11/h1-4,6-7H,5H2. The van der Waals surface area contributed by atoms with Crippen molar-refractivity contribution in [3.63, 3.8) is 0 Å². The zero-order valence-electron chi connectivity index (χ0n) is 9.07. The third-order valence-electron chi connectivity index (χ3n) is 2.30. The van der Waals surface area contributed by atoms with Crippen molar-refractivity contribution in [1.29, 1.82) is 0 Å². The van der Waals surface area contributed by atoms with Crippen LogP contribution in [0.25, 0.3) is 10.6 Å². The number of nitrogens with zero attached hydrogens (tertiary/aromatic N) is 1. The molecule has 2 aromatic rings. The number of alkyl halides is 3. The van der Waals surface area contributed by atoms with Gasteiger partial charge in [-0.2, -0.15) is 13.2 Å². The van der Waals surface area contributed by atoms with Gasteiger partial charge in [0.2, 0.25) is 0 Å². The van der Waals surface area contributed by atoms with Crippen LogP contribution >= 0.6 is 11.3 Å². The number of halogens is 3. The molecule has 0 aliphatic carbocycles. The Labute approximate surface area is 105 Å². The Bertz CT molecular complexity index is 545. The first-order valence-corrected chi connectivity index (χ1v) is 5.94. The molecule has 1 heterocycles. The fraction of sp³-hybridized carbons (Fsp3) is 0.167. The molecule has 0 aliphatic rings. The van der Waals surface area contributed by atoms with Crippen LogP contribution in [0.3, 0.4) is 0 Å². The van der Waals surface area contributed by atoms with E-state index >= 15 is 0 Å². The first-order chi connectivity index (χ1) is 8.50. The lowest BCUT2D eigenvalue weighted by atomic mass is 10.1. The van der Waals surface area contributed by atoms with Crippen molar-refractivity contribution in [2.75, 3.05) is 0 Å². The molecule has 1 aromatic heterocycles. The van der Waals surface area contributed by atoms with Crippen molar-refractivity contribution in [1.82, 2.24) is 4.98 Å². The van der Waals surface area contributed by atoms with Crippen molar-refractivity contribution in [3.8, 4) is 10.6 Å². The van der Waals surface area contributed by atoms with Crippen LogP contribution in [0, 0.1) is 0 Å². The molecule has 0 bridgehead atoms. The Morgan fingerprint density at radius 1 is 1.22 bits per heavy atom. The number of aldehydes is 1. The molecule has 0 spiro atoms. The van der Waals surface area contributed by atoms with Gasteiger partial charge < -0.3 is 4.79 Å². The smallest absolute Gasteiger partial charge is 0.303 e. The molecule has 0 aliphatic heterocycles. The Kier molecular flexibility index (Phi) is 3.47. The highest BCUT2D eigenvalue weighted by Crippen LogP contribution is 2.31. The predicted molar refractivity (Wildman–Crippen MR) is 62.3 cm³/mol. The minimum atomic E-state index is -4.33. The monoisotopic (exact) mass is 271 g/mol. The fourth-order valence-electron chi connectivity index (χ4n) is 1.42. The second-order valence-electron chi connectivity index (χ2n) is 3.59. The van der Waals surface area contributed by atoms with Gasteiger partial charge in [0.15, 0.2) is 0 Å². The lowest BCUT2D eigenvalue weighted by molar-refractivity contribution is -0.137. The molecule has 0 fully saturated rings. The van der Waals surface area contributed by atoms with E-state index in [0.717, 1.165) is 18.4 Å². The third kappa shape index (κ3) is 2.76. The molecule has 0 amide bonds. The maximum atomic E-state index is 12.4. The van der Waals surface area contributed by atoms with Crippen LogP contribution in [0.15, 0.2) is 29.6 Å². The molecule has 0 saturated carbocycles. The van der Waals surface area contributed by atoms with Crippen molar-refractivity contribution >= 4 is 17.6 Å². The maximum Gasteiger partial charge on any atom is 0.416 e. The minimum absolute atomic E-state index is 0.219. The second kappa shape index (κ2) is 4.89. The van der Waals surface area contributed by atoms with Gasteiger partial charge in [0.25, 0.3) is 0 Å². The van der Waals surface area contributed by atoms with E-state index in [9.17, 15) is 18.0 Å². The number of benzene rings is 1. The van der Waals surface area contributed by atoms with Crippen LogP contribution in [0.5, 0.6) is 0 Å². The summed E-state index contributed by atoms with van der Waals surface area (Å²) in [4.78, 5) is 14.5. The summed E-state index contributed by atoms with van der Waals surface area (Å²) in [7, 11) is 0. The number of aromatic nitrogens is 1. The van der Waals surface area contributed by atoms with E-state index in [1.807, 2.05) is 0 Å². The summed E-state index contributed by atoms with van der Waals surface area (Å²) >= 11 is 1.30. The van der Waals surface area contributed by atoms with Crippen LogP contribution < -0.4 is 0 Å². The summed E-state index contributed by atoms with van der Waals surface area (Å²) in [5, 5.41) is 2.34. The zero-order valence-corrected chi connectivity index (χ0v) is 9.89. The molecular formula is C12H8F3NOS. The summed E-state index contributed by atoms with van der Waals surface area (Å²) in [6.45, 7) is 0. The van der Waals surface area contributed by atoms with Crippen LogP contribution in [0.2, 0.25) is 0 Å². The second-order valence-corrected chi connectivity index (χ2v) is 4.45. The average molecular weight is 271 g/mol. The molecule has 2 rings (SSSR count). The van der Waals surface area contributed by atoms with E-state index in [2.05, 4.69) is 4.98 Å². The Morgan fingerprint density at radius 3 is 2.44 bits per heavy atom. The molecule has 94 valence electrons. The number of hydrogen-bond donors (Lipinski definition) is 0. The summed E-state index contributed by atoms with van der Waals surface area (Å²) in [5.74, 6) is 0. The molecule has 0 unspecified atom stereocenters. The fourth-order valence-corrected chi connectivity index (χ4v) is 2.26. The Morgan fingerprint density at radius 2 is 1.89 bits per heavy atom. The molecule has 18 heavy (non-hydrogen) atoms. The SMILES string of the molecule is O=CCc1csc(-c2ccc(C(F)(F)F)cc2)n1. The first-order valence-electron chi connectivity index (χ1n) is 5.06. The summed E-state index contributed by atoms with van der Waals surface area (Å²) in [5.41, 5.74) is 0.561. The van der Waals surface area contributed by atoms with Gasteiger partial charge >= 0.3 is 6.18 Å². The number of hydrogen-bond acceptors (Lipinski definition) is 3. The number of carbonyl (C=O) groups excluding carboxylic acids is 1. The van der Waals surface area contributed by atoms with Crippen LogP contribution in [-0.2, 0) is 17.4 Å². The number of carbonyl (C=O) groups is 1. The quantitative estimate of drug-likeness (QED) is 0.799. The summed E-state index contributed by atoms with van der Waals surface area (Å²) < 4.78 is 37.1. The van der Waals surface area contributed by atoms with Gasteiger partial charge in [0.1, 0.15) is 11.3 Å². The molecule has 0 atom stereocenters. The third-order valence-corrected chi connectivity index (χ3v) is 3.24. The molecule has 1 aromatic carbocycles. The van der Waals surface area contributed by atoms with Gasteiger partial charge in [0, 0.05) is 17.4 Å². The molecule has 0 saturated heterocycles. The maximum absolute atomic E-state index is 12.4. The van der Waals surface area contributed by atoms with Crippen LogP contribution in [-0.4, -0.2) is 11.3 Å². The largest absolute Gasteiger partial charge is 0.416 e. The first kappa shape index (κ1) is 12.8. The van der Waals surface area contributed by atoms with Gasteiger partial charge in [-0.25, -0.2) is 4.98 Å². The Balaban J connectivity index is 2.25. The predicted octanol–water partition coefficient (Wildman–Crippen LogP) is 3.57. The van der Waals surface area contributed by atoms with E-state index in [0.29, 0.717) is 16.3 Å². The van der Waals surface area contributed by atoms with Gasteiger partial charge in [-0.05, 0) is 12.1 Å². The molecular weight excluding hydrogens is 263 g/mol. The highest BCUT2D eigenvalue weighted by molar-refractivity contribution is 7.13. The van der Waals surface area contributed by atoms with Crippen molar-refractivity contribution < 1.29 is 18.0 Å². The van der Waals surface area contributed by atoms with E-state index in [1.54, 1.807) is 5.38 Å². The number of thiazole rings is 1. The molecule has 0 radical (unpaired) electrons. The van der Waals surface area contributed by atoms with Gasteiger partial charge in [-0.1, -0.05) is 12.1 Å². The number of rotatable bonds is 3. The summed E-state index contributed by atoms with van der Waals surface area (Å²) in [6.07, 6.45) is -3.37. The van der Waals surface area contributed by atoms with E-state index in [-0.39, 0.29) is 6.42 Å². The van der Waals surface area contributed by atoms with Crippen LogP contribution in [0.1, 0.15) is 11.3 Å². The van der Waals surface area contributed by atoms with Crippen LogP contribution in [0.4, 0.5) is 13.2 Å². The van der Waals surface area contributed by atoms with E-state index < -0.39 is 11.7 Å². The highest BCUT2D eigenvalue weighted by atomic mass is 32.1. The lowest BCUT2D eigenvalue weighted by Gasteiger charge is -2.06. The van der Waals surface area contributed by atoms with E-state index in [1.165, 1.54) is 23.5 Å². The van der Waals surface area contributed by atoms with Crippen molar-refractivity contribution in [2.24, 2.45) is 0 Å². The molecule has 6 heteroatoms. The van der Waals surface area contributed by atoms with Gasteiger partial charge in [-0.3, -0.25) is 0 Å². The highest BCUT2D eigenvalue weighted by Gasteiger charge is 2.30. The minimum Gasteiger partial charge on any atom is -0.303 e.